The molecule has 0 saturated heterocycles. The van der Waals surface area contributed by atoms with Crippen LogP contribution in [0.3, 0.4) is 0 Å². The van der Waals surface area contributed by atoms with Gasteiger partial charge in [-0.25, -0.2) is 0 Å². The average molecular weight is 1060 g/mol. The summed E-state index contributed by atoms with van der Waals surface area (Å²) >= 11 is 0. The van der Waals surface area contributed by atoms with Crippen molar-refractivity contribution < 1.29 is 28.6 Å². The van der Waals surface area contributed by atoms with Crippen molar-refractivity contribution in [1.29, 1.82) is 0 Å². The lowest BCUT2D eigenvalue weighted by atomic mass is 10.0. The lowest BCUT2D eigenvalue weighted by Crippen LogP contribution is -2.30. The summed E-state index contributed by atoms with van der Waals surface area (Å²) in [6.07, 6.45) is 91.6. The second-order valence-electron chi connectivity index (χ2n) is 20.2. The summed E-state index contributed by atoms with van der Waals surface area (Å²) < 4.78 is 16.8. The Hall–Kier alpha value is -4.71. The van der Waals surface area contributed by atoms with Gasteiger partial charge < -0.3 is 14.2 Å². The van der Waals surface area contributed by atoms with E-state index in [0.29, 0.717) is 19.3 Å². The van der Waals surface area contributed by atoms with Gasteiger partial charge in [0.15, 0.2) is 6.10 Å². The van der Waals surface area contributed by atoms with Gasteiger partial charge in [-0.3, -0.25) is 14.4 Å². The van der Waals surface area contributed by atoms with Gasteiger partial charge in [-0.15, -0.1) is 0 Å². The summed E-state index contributed by atoms with van der Waals surface area (Å²) in [5.41, 5.74) is 0. The maximum atomic E-state index is 12.8. The van der Waals surface area contributed by atoms with Crippen LogP contribution >= 0.6 is 0 Å². The largest absolute Gasteiger partial charge is 0.462 e. The van der Waals surface area contributed by atoms with E-state index < -0.39 is 12.1 Å². The van der Waals surface area contributed by atoms with E-state index in [1.807, 2.05) is 12.2 Å². The first-order valence-corrected chi connectivity index (χ1v) is 31.3. The summed E-state index contributed by atoms with van der Waals surface area (Å²) in [6, 6.07) is 0. The molecule has 0 aliphatic carbocycles. The zero-order valence-corrected chi connectivity index (χ0v) is 49.7. The first-order valence-electron chi connectivity index (χ1n) is 31.3. The van der Waals surface area contributed by atoms with Crippen molar-refractivity contribution in [3.63, 3.8) is 0 Å². The minimum atomic E-state index is -0.825. The molecule has 0 spiro atoms. The zero-order valence-electron chi connectivity index (χ0n) is 49.7. The van der Waals surface area contributed by atoms with Crippen LogP contribution in [-0.4, -0.2) is 37.2 Å². The monoisotopic (exact) mass is 1060 g/mol. The van der Waals surface area contributed by atoms with Gasteiger partial charge in [0.1, 0.15) is 13.2 Å². The molecule has 1 atom stereocenters. The van der Waals surface area contributed by atoms with Gasteiger partial charge in [0.25, 0.3) is 0 Å². The number of ether oxygens (including phenoxy) is 3. The fraction of sp³-hybridized carbons (Fsp3) is 0.620. The van der Waals surface area contributed by atoms with Crippen LogP contribution in [0.15, 0.2) is 146 Å². The van der Waals surface area contributed by atoms with E-state index in [4.69, 9.17) is 14.2 Å². The quantitative estimate of drug-likeness (QED) is 0.0261. The van der Waals surface area contributed by atoms with E-state index in [1.54, 1.807) is 0 Å². The number of allylic oxidation sites excluding steroid dienone is 24. The van der Waals surface area contributed by atoms with Crippen LogP contribution in [0.1, 0.15) is 265 Å². The van der Waals surface area contributed by atoms with Crippen LogP contribution in [0.5, 0.6) is 0 Å². The molecule has 0 aromatic carbocycles. The number of carbonyl (C=O) groups excluding carboxylic acids is 3. The first-order chi connectivity index (χ1) is 38.0. The third kappa shape index (κ3) is 62.0. The fourth-order valence-corrected chi connectivity index (χ4v) is 8.20. The Kier molecular flexibility index (Phi) is 59.9. The number of unbranched alkanes of at least 4 members (excludes halogenated alkanes) is 20. The van der Waals surface area contributed by atoms with E-state index in [0.717, 1.165) is 122 Å². The van der Waals surface area contributed by atoms with Crippen molar-refractivity contribution in [2.45, 2.75) is 271 Å². The van der Waals surface area contributed by atoms with Gasteiger partial charge in [-0.05, 0) is 128 Å². The van der Waals surface area contributed by atoms with E-state index >= 15 is 0 Å². The summed E-state index contributed by atoms with van der Waals surface area (Å²) in [4.78, 5) is 38.1. The molecular formula is C71H114O6. The molecule has 0 aromatic rings. The van der Waals surface area contributed by atoms with Crippen LogP contribution in [0.25, 0.3) is 0 Å². The Labute approximate surface area is 474 Å². The lowest BCUT2D eigenvalue weighted by Gasteiger charge is -2.18. The van der Waals surface area contributed by atoms with Gasteiger partial charge in [0, 0.05) is 19.3 Å². The van der Waals surface area contributed by atoms with Crippen molar-refractivity contribution in [2.24, 2.45) is 0 Å². The Morgan fingerprint density at radius 2 is 0.532 bits per heavy atom. The molecule has 0 saturated carbocycles. The van der Waals surface area contributed by atoms with E-state index in [1.165, 1.54) is 96.3 Å². The van der Waals surface area contributed by atoms with E-state index in [2.05, 4.69) is 154 Å². The Balaban J connectivity index is 4.25. The van der Waals surface area contributed by atoms with Crippen molar-refractivity contribution in [3.05, 3.63) is 146 Å². The number of carbonyl (C=O) groups is 3. The molecule has 0 N–H and O–H groups in total. The van der Waals surface area contributed by atoms with Gasteiger partial charge >= 0.3 is 17.9 Å². The van der Waals surface area contributed by atoms with Gasteiger partial charge in [0.05, 0.1) is 0 Å². The third-order valence-corrected chi connectivity index (χ3v) is 12.8. The van der Waals surface area contributed by atoms with Crippen molar-refractivity contribution in [1.82, 2.24) is 0 Å². The minimum Gasteiger partial charge on any atom is -0.462 e. The molecule has 0 heterocycles. The highest BCUT2D eigenvalue weighted by Gasteiger charge is 2.19. The Morgan fingerprint density at radius 3 is 0.857 bits per heavy atom. The van der Waals surface area contributed by atoms with Gasteiger partial charge in [-0.1, -0.05) is 263 Å². The Bertz CT molecular complexity index is 1700. The fourth-order valence-electron chi connectivity index (χ4n) is 8.20. The SMILES string of the molecule is CC/C=C\C/C=C\C/C=C\C/C=C\C/C=C\C/C=C\C/C=C\CCCCCCCCCCCCCC(=O)OCC(COC(=O)CCCCCCC/C=C\CCCCCC)OC(=O)CC/C=C\C/C=C\C/C=C\C/C=C\CC. The molecule has 1 unspecified atom stereocenters. The number of hydrogen-bond donors (Lipinski definition) is 0. The molecule has 0 aliphatic heterocycles. The average Bonchev–Trinajstić information content (AvgIpc) is 3.43. The van der Waals surface area contributed by atoms with Crippen molar-refractivity contribution in [3.8, 4) is 0 Å². The zero-order chi connectivity index (χ0) is 55.7. The maximum absolute atomic E-state index is 12.8. The summed E-state index contributed by atoms with van der Waals surface area (Å²) in [5.74, 6) is -1.01. The highest BCUT2D eigenvalue weighted by Crippen LogP contribution is 2.15. The van der Waals surface area contributed by atoms with Crippen LogP contribution in [0.4, 0.5) is 0 Å². The molecule has 0 amide bonds. The molecule has 0 aromatic heterocycles. The molecule has 434 valence electrons. The van der Waals surface area contributed by atoms with Gasteiger partial charge in [-0.2, -0.15) is 0 Å². The molecule has 0 radical (unpaired) electrons. The lowest BCUT2D eigenvalue weighted by molar-refractivity contribution is -0.166. The van der Waals surface area contributed by atoms with Crippen molar-refractivity contribution >= 4 is 17.9 Å². The highest BCUT2D eigenvalue weighted by molar-refractivity contribution is 5.71. The number of hydrogen-bond acceptors (Lipinski definition) is 6. The van der Waals surface area contributed by atoms with E-state index in [-0.39, 0.29) is 31.6 Å². The smallest absolute Gasteiger partial charge is 0.306 e. The number of rotatable bonds is 55. The molecule has 0 rings (SSSR count). The first kappa shape index (κ1) is 72.3. The summed E-state index contributed by atoms with van der Waals surface area (Å²) in [7, 11) is 0. The topological polar surface area (TPSA) is 78.9 Å². The summed E-state index contributed by atoms with van der Waals surface area (Å²) in [5, 5.41) is 0. The highest BCUT2D eigenvalue weighted by atomic mass is 16.6. The molecule has 0 bridgehead atoms. The standard InChI is InChI=1S/C71H114O6/c1-4-7-10-13-16-19-22-25-26-27-28-29-30-31-32-33-34-35-36-37-38-39-40-41-42-43-44-47-49-52-55-58-61-64-70(73)76-67-68(77-71(74)65-62-59-56-53-50-46-24-21-18-15-12-9-6-3)66-75-69(72)63-60-57-54-51-48-45-23-20-17-14-11-8-5-2/h7,9-10,12,16,18-21,23,25-26,28-29,31-32,34-35,37-38,46,50,56,59,68H,4-6,8,11,13-15,17,22,24,27,30,33,36,39-45,47-49,51-55,57-58,60-67H2,1-3H3/b10-7-,12-9-,19-16-,21-18-,23-20-,26-25-,29-28-,32-31-,35-34-,38-37-,50-46-,59-56-. The molecular weight excluding hydrogens is 949 g/mol. The predicted molar refractivity (Wildman–Crippen MR) is 334 cm³/mol. The predicted octanol–water partition coefficient (Wildman–Crippen LogP) is 21.5. The molecule has 77 heavy (non-hydrogen) atoms. The van der Waals surface area contributed by atoms with E-state index in [9.17, 15) is 14.4 Å². The Morgan fingerprint density at radius 1 is 0.273 bits per heavy atom. The molecule has 6 heteroatoms. The van der Waals surface area contributed by atoms with Crippen LogP contribution in [0, 0.1) is 0 Å². The molecule has 0 aliphatic rings. The molecule has 6 nitrogen and oxygen atoms in total. The van der Waals surface area contributed by atoms with Gasteiger partial charge in [0.2, 0.25) is 0 Å². The number of esters is 3. The van der Waals surface area contributed by atoms with Crippen LogP contribution in [-0.2, 0) is 28.6 Å². The maximum Gasteiger partial charge on any atom is 0.306 e. The third-order valence-electron chi connectivity index (χ3n) is 12.8. The van der Waals surface area contributed by atoms with Crippen molar-refractivity contribution in [2.75, 3.05) is 13.2 Å². The van der Waals surface area contributed by atoms with Crippen LogP contribution < -0.4 is 0 Å². The normalized spacial score (nSPS) is 13.1. The second kappa shape index (κ2) is 63.8. The second-order valence-corrected chi connectivity index (χ2v) is 20.2. The molecule has 0 fully saturated rings. The minimum absolute atomic E-state index is 0.114. The van der Waals surface area contributed by atoms with Crippen LogP contribution in [0.2, 0.25) is 0 Å². The summed E-state index contributed by atoms with van der Waals surface area (Å²) in [6.45, 7) is 6.32.